The van der Waals surface area contributed by atoms with Crippen LogP contribution in [0.15, 0.2) is 60.8 Å². The van der Waals surface area contributed by atoms with Crippen molar-refractivity contribution in [1.29, 1.82) is 0 Å². The van der Waals surface area contributed by atoms with Gasteiger partial charge in [0.05, 0.1) is 17.0 Å². The summed E-state index contributed by atoms with van der Waals surface area (Å²) in [6.07, 6.45) is 7.84. The van der Waals surface area contributed by atoms with E-state index in [1.165, 1.54) is 23.6 Å². The van der Waals surface area contributed by atoms with Crippen molar-refractivity contribution in [1.82, 2.24) is 4.98 Å². The quantitative estimate of drug-likeness (QED) is 0.485. The summed E-state index contributed by atoms with van der Waals surface area (Å²) < 4.78 is 22.9. The van der Waals surface area contributed by atoms with Gasteiger partial charge < -0.3 is 16.4 Å². The van der Waals surface area contributed by atoms with E-state index in [9.17, 15) is 13.2 Å². The molecule has 3 aromatic rings. The fraction of sp³-hybridized carbons (Fsp3) is 0.167. The minimum Gasteiger partial charge on any atom is -0.380 e. The third-order valence-electron chi connectivity index (χ3n) is 5.20. The number of pyridine rings is 1. The summed E-state index contributed by atoms with van der Waals surface area (Å²) >= 11 is 0. The molecule has 0 fully saturated rings. The average Bonchev–Trinajstić information content (AvgIpc) is 3.22. The van der Waals surface area contributed by atoms with Crippen molar-refractivity contribution in [2.24, 2.45) is 5.73 Å². The van der Waals surface area contributed by atoms with Crippen molar-refractivity contribution in [3.8, 4) is 0 Å². The Labute approximate surface area is 187 Å². The first-order chi connectivity index (χ1) is 15.3. The topological polar surface area (TPSA) is 114 Å². The second kappa shape index (κ2) is 8.84. The third kappa shape index (κ3) is 5.15. The highest BCUT2D eigenvalue weighted by atomic mass is 32.2. The first-order valence-corrected chi connectivity index (χ1v) is 12.2. The van der Waals surface area contributed by atoms with Gasteiger partial charge in [-0.25, -0.2) is 13.4 Å². The van der Waals surface area contributed by atoms with E-state index in [1.807, 2.05) is 6.07 Å². The number of nitrogens with zero attached hydrogens (tertiary/aromatic N) is 1. The predicted octanol–water partition coefficient (Wildman–Crippen LogP) is 3.65. The van der Waals surface area contributed by atoms with Gasteiger partial charge in [-0.3, -0.25) is 4.79 Å². The van der Waals surface area contributed by atoms with Crippen molar-refractivity contribution in [3.63, 3.8) is 0 Å². The number of aromatic nitrogens is 1. The zero-order valence-corrected chi connectivity index (χ0v) is 18.4. The molecular weight excluding hydrogens is 424 g/mol. The number of primary amides is 1. The maximum Gasteiger partial charge on any atom is 0.252 e. The molecule has 7 nitrogen and oxygen atoms in total. The van der Waals surface area contributed by atoms with Gasteiger partial charge in [0.15, 0.2) is 9.84 Å². The van der Waals surface area contributed by atoms with E-state index in [2.05, 4.69) is 39.9 Å². The van der Waals surface area contributed by atoms with Crippen LogP contribution in [0.5, 0.6) is 0 Å². The van der Waals surface area contributed by atoms with Gasteiger partial charge in [0.1, 0.15) is 5.82 Å². The molecule has 4 rings (SSSR count). The van der Waals surface area contributed by atoms with Gasteiger partial charge in [-0.05, 0) is 40.8 Å². The van der Waals surface area contributed by atoms with Crippen LogP contribution in [-0.2, 0) is 28.6 Å². The summed E-state index contributed by atoms with van der Waals surface area (Å²) in [6.45, 7) is 0.539. The van der Waals surface area contributed by atoms with Gasteiger partial charge in [-0.15, -0.1) is 0 Å². The molecule has 0 radical (unpaired) electrons. The molecule has 164 valence electrons. The number of anilines is 3. The molecule has 1 aromatic heterocycles. The molecule has 0 saturated heterocycles. The lowest BCUT2D eigenvalue weighted by Crippen LogP contribution is -2.15. The van der Waals surface area contributed by atoms with E-state index in [-0.39, 0.29) is 5.75 Å². The number of sulfone groups is 1. The van der Waals surface area contributed by atoms with E-state index >= 15 is 0 Å². The Morgan fingerprint density at radius 3 is 2.66 bits per heavy atom. The van der Waals surface area contributed by atoms with Crippen LogP contribution in [0.3, 0.4) is 0 Å². The van der Waals surface area contributed by atoms with Crippen molar-refractivity contribution < 1.29 is 13.2 Å². The number of amides is 1. The lowest BCUT2D eigenvalue weighted by atomic mass is 10.0. The van der Waals surface area contributed by atoms with Crippen molar-refractivity contribution in [3.05, 3.63) is 88.6 Å². The molecular formula is C24H24N4O3S. The van der Waals surface area contributed by atoms with Crippen LogP contribution in [0.1, 0.15) is 32.6 Å². The number of hydrogen-bond acceptors (Lipinski definition) is 6. The highest BCUT2D eigenvalue weighted by Crippen LogP contribution is 2.26. The van der Waals surface area contributed by atoms with E-state index in [0.29, 0.717) is 29.2 Å². The van der Waals surface area contributed by atoms with Crippen molar-refractivity contribution >= 4 is 39.0 Å². The largest absolute Gasteiger partial charge is 0.380 e. The highest BCUT2D eigenvalue weighted by Gasteiger charge is 2.13. The number of benzene rings is 2. The maximum absolute atomic E-state index is 11.9. The number of nitrogens with one attached hydrogen (secondary N) is 2. The number of rotatable bonds is 8. The number of carbonyl (C=O) groups excluding carboxylic acids is 1. The van der Waals surface area contributed by atoms with Gasteiger partial charge in [0, 0.05) is 30.8 Å². The summed E-state index contributed by atoms with van der Waals surface area (Å²) in [4.78, 5) is 16.2. The first kappa shape index (κ1) is 21.6. The molecule has 4 N–H and O–H groups in total. The second-order valence-corrected chi connectivity index (χ2v) is 9.96. The minimum absolute atomic E-state index is 0.00865. The highest BCUT2D eigenvalue weighted by molar-refractivity contribution is 7.89. The van der Waals surface area contributed by atoms with E-state index in [1.54, 1.807) is 30.3 Å². The molecule has 0 bridgehead atoms. The van der Waals surface area contributed by atoms with Crippen LogP contribution in [0.4, 0.5) is 17.2 Å². The molecule has 0 aliphatic heterocycles. The van der Waals surface area contributed by atoms with Crippen LogP contribution >= 0.6 is 0 Å². The third-order valence-corrected chi connectivity index (χ3v) is 6.06. The standard InChI is InChI=1S/C24H24N4O3S/c1-32(30,31)15-16-8-10-19(11-9-16)28-23-12-22(21(14-27-23)24(25)29)26-13-18-6-2-4-17-5-3-7-20(17)18/h2-4,6-12,14H,5,13,15H2,1H3,(H2,25,29)(H2,26,27,28). The fourth-order valence-corrected chi connectivity index (χ4v) is 4.51. The number of allylic oxidation sites excluding steroid dienone is 1. The molecule has 0 spiro atoms. The van der Waals surface area contributed by atoms with Gasteiger partial charge in [-0.1, -0.05) is 42.5 Å². The Balaban J connectivity index is 1.52. The smallest absolute Gasteiger partial charge is 0.252 e. The average molecular weight is 449 g/mol. The molecule has 0 atom stereocenters. The SMILES string of the molecule is CS(=O)(=O)Cc1ccc(Nc2cc(NCc3cccc4c3C=CC4)c(C(N)=O)cn2)cc1. The predicted molar refractivity (Wildman–Crippen MR) is 128 cm³/mol. The summed E-state index contributed by atoms with van der Waals surface area (Å²) in [7, 11) is -3.09. The Kier molecular flexibility index (Phi) is 5.96. The number of hydrogen-bond donors (Lipinski definition) is 3. The summed E-state index contributed by atoms with van der Waals surface area (Å²) in [5.41, 5.74) is 11.5. The van der Waals surface area contributed by atoms with E-state index in [0.717, 1.165) is 17.7 Å². The molecule has 32 heavy (non-hydrogen) atoms. The molecule has 1 amide bonds. The molecule has 0 saturated carbocycles. The number of fused-ring (bicyclic) bond motifs is 1. The lowest BCUT2D eigenvalue weighted by molar-refractivity contribution is 0.100. The van der Waals surface area contributed by atoms with E-state index < -0.39 is 15.7 Å². The zero-order valence-electron chi connectivity index (χ0n) is 17.6. The molecule has 2 aromatic carbocycles. The van der Waals surface area contributed by atoms with Crippen molar-refractivity contribution in [2.45, 2.75) is 18.7 Å². The Morgan fingerprint density at radius 1 is 1.16 bits per heavy atom. The first-order valence-electron chi connectivity index (χ1n) is 10.1. The molecule has 0 unspecified atom stereocenters. The molecule has 1 aliphatic carbocycles. The van der Waals surface area contributed by atoms with Crippen LogP contribution in [0, 0.1) is 0 Å². The normalized spacial score (nSPS) is 12.4. The summed E-state index contributed by atoms with van der Waals surface area (Å²) in [5, 5.41) is 6.50. The van der Waals surface area contributed by atoms with Crippen molar-refractivity contribution in [2.75, 3.05) is 16.9 Å². The second-order valence-electron chi connectivity index (χ2n) is 7.82. The van der Waals surface area contributed by atoms with Crippen LogP contribution in [0.2, 0.25) is 0 Å². The molecule has 1 aliphatic rings. The van der Waals surface area contributed by atoms with Crippen LogP contribution < -0.4 is 16.4 Å². The van der Waals surface area contributed by atoms with Crippen LogP contribution in [-0.4, -0.2) is 25.6 Å². The Bertz CT molecular complexity index is 1300. The summed E-state index contributed by atoms with van der Waals surface area (Å²) in [5.74, 6) is -0.0351. The summed E-state index contributed by atoms with van der Waals surface area (Å²) in [6, 6.07) is 15.0. The molecule has 8 heteroatoms. The Hall–Kier alpha value is -3.65. The van der Waals surface area contributed by atoms with Gasteiger partial charge in [0.2, 0.25) is 0 Å². The maximum atomic E-state index is 11.9. The van der Waals surface area contributed by atoms with Gasteiger partial charge in [0.25, 0.3) is 5.91 Å². The number of nitrogens with two attached hydrogens (primary N) is 1. The molecule has 1 heterocycles. The van der Waals surface area contributed by atoms with Gasteiger partial charge in [-0.2, -0.15) is 0 Å². The van der Waals surface area contributed by atoms with Gasteiger partial charge >= 0.3 is 0 Å². The Morgan fingerprint density at radius 2 is 1.94 bits per heavy atom. The zero-order chi connectivity index (χ0) is 22.7. The number of carbonyl (C=O) groups is 1. The minimum atomic E-state index is -3.09. The monoisotopic (exact) mass is 448 g/mol. The lowest BCUT2D eigenvalue weighted by Gasteiger charge is -2.14. The van der Waals surface area contributed by atoms with E-state index in [4.69, 9.17) is 5.73 Å². The van der Waals surface area contributed by atoms with Crippen LogP contribution in [0.25, 0.3) is 6.08 Å². The fourth-order valence-electron chi connectivity index (χ4n) is 3.71.